The minimum Gasteiger partial charge on any atom is -0.497 e. The second-order valence-corrected chi connectivity index (χ2v) is 8.62. The molecule has 2 aromatic rings. The first kappa shape index (κ1) is 24.0. The summed E-state index contributed by atoms with van der Waals surface area (Å²) >= 11 is 23.2. The van der Waals surface area contributed by atoms with E-state index in [0.717, 1.165) is 0 Å². The molecule has 30 heavy (non-hydrogen) atoms. The van der Waals surface area contributed by atoms with Crippen LogP contribution in [0, 0.1) is 0 Å². The number of hydrogen-bond donors (Lipinski definition) is 3. The zero-order valence-electron chi connectivity index (χ0n) is 15.9. The van der Waals surface area contributed by atoms with E-state index in [9.17, 15) is 9.59 Å². The van der Waals surface area contributed by atoms with E-state index in [4.69, 9.17) is 51.8 Å². The van der Waals surface area contributed by atoms with Crippen molar-refractivity contribution in [2.75, 3.05) is 19.5 Å². The maximum Gasteiger partial charge on any atom is 0.337 e. The number of nitrogens with one attached hydrogen (secondary N) is 3. The Balaban J connectivity index is 2.03. The number of methoxy groups -OCH3 is 2. The van der Waals surface area contributed by atoms with Gasteiger partial charge in [-0.1, -0.05) is 34.8 Å². The number of anilines is 1. The van der Waals surface area contributed by atoms with Crippen LogP contribution in [-0.2, 0) is 4.74 Å². The highest BCUT2D eigenvalue weighted by atomic mass is 35.6. The molecule has 0 bridgehead atoms. The molecule has 2 rings (SSSR count). The van der Waals surface area contributed by atoms with Crippen LogP contribution in [0.25, 0.3) is 0 Å². The highest BCUT2D eigenvalue weighted by Crippen LogP contribution is 2.29. The zero-order chi connectivity index (χ0) is 22.3. The molecule has 0 spiro atoms. The van der Waals surface area contributed by atoms with E-state index in [0.29, 0.717) is 22.6 Å². The van der Waals surface area contributed by atoms with Crippen LogP contribution < -0.4 is 20.7 Å². The van der Waals surface area contributed by atoms with Gasteiger partial charge in [-0.05, 0) is 60.7 Å². The van der Waals surface area contributed by atoms with Crippen molar-refractivity contribution in [3.63, 3.8) is 0 Å². The second-order valence-electron chi connectivity index (χ2n) is 5.84. The standard InChI is InChI=1S/C19H18Cl3N3O4S/c1-28-14-9-5-11(6-10-14)15(26)24-17(19(20,21)22)25-18(30)23-13-7-3-12(4-8-13)16(27)29-2/h3-10,17H,1-2H3,(H,24,26)(H2,23,25,30). The fourth-order valence-corrected chi connectivity index (χ4v) is 2.83. The van der Waals surface area contributed by atoms with Crippen molar-refractivity contribution in [3.8, 4) is 5.75 Å². The number of ether oxygens (including phenoxy) is 2. The average Bonchev–Trinajstić information content (AvgIpc) is 2.72. The van der Waals surface area contributed by atoms with Gasteiger partial charge in [0.15, 0.2) is 5.11 Å². The lowest BCUT2D eigenvalue weighted by molar-refractivity contribution is 0.0600. The Morgan fingerprint density at radius 3 is 2.00 bits per heavy atom. The number of rotatable bonds is 6. The minimum atomic E-state index is -1.90. The van der Waals surface area contributed by atoms with Gasteiger partial charge in [-0.15, -0.1) is 0 Å². The summed E-state index contributed by atoms with van der Waals surface area (Å²) in [4.78, 5) is 24.0. The lowest BCUT2D eigenvalue weighted by Gasteiger charge is -2.27. The molecule has 0 aromatic heterocycles. The molecule has 7 nitrogen and oxygen atoms in total. The minimum absolute atomic E-state index is 0.0900. The maximum atomic E-state index is 12.5. The van der Waals surface area contributed by atoms with Gasteiger partial charge in [-0.2, -0.15) is 0 Å². The van der Waals surface area contributed by atoms with Gasteiger partial charge < -0.3 is 25.4 Å². The quantitative estimate of drug-likeness (QED) is 0.245. The summed E-state index contributed by atoms with van der Waals surface area (Å²) in [5.41, 5.74) is 1.30. The topological polar surface area (TPSA) is 88.7 Å². The summed E-state index contributed by atoms with van der Waals surface area (Å²) in [5, 5.41) is 8.31. The Hall–Kier alpha value is -2.26. The molecule has 0 aliphatic rings. The van der Waals surface area contributed by atoms with Crippen molar-refractivity contribution in [2.45, 2.75) is 9.96 Å². The lowest BCUT2D eigenvalue weighted by Crippen LogP contribution is -2.56. The third kappa shape index (κ3) is 6.91. The van der Waals surface area contributed by atoms with Gasteiger partial charge in [-0.3, -0.25) is 4.79 Å². The Morgan fingerprint density at radius 1 is 0.933 bits per heavy atom. The maximum absolute atomic E-state index is 12.5. The molecule has 1 amide bonds. The van der Waals surface area contributed by atoms with Crippen LogP contribution in [0.2, 0.25) is 0 Å². The van der Waals surface area contributed by atoms with Crippen LogP contribution in [0.3, 0.4) is 0 Å². The van der Waals surface area contributed by atoms with E-state index < -0.39 is 21.8 Å². The summed E-state index contributed by atoms with van der Waals surface area (Å²) in [5.74, 6) is -0.335. The van der Waals surface area contributed by atoms with Crippen molar-refractivity contribution in [1.29, 1.82) is 0 Å². The van der Waals surface area contributed by atoms with Gasteiger partial charge in [0.05, 0.1) is 19.8 Å². The molecular weight excluding hydrogens is 473 g/mol. The van der Waals surface area contributed by atoms with Gasteiger partial charge >= 0.3 is 5.97 Å². The molecule has 11 heteroatoms. The summed E-state index contributed by atoms with van der Waals surface area (Å²) in [7, 11) is 2.82. The molecule has 1 unspecified atom stereocenters. The Kier molecular flexibility index (Phi) is 8.54. The number of benzene rings is 2. The zero-order valence-corrected chi connectivity index (χ0v) is 19.0. The molecule has 3 N–H and O–H groups in total. The van der Waals surface area contributed by atoms with E-state index in [2.05, 4.69) is 20.7 Å². The smallest absolute Gasteiger partial charge is 0.337 e. The molecule has 0 heterocycles. The molecule has 0 aliphatic heterocycles. The number of carbonyl (C=O) groups is 2. The number of hydrogen-bond acceptors (Lipinski definition) is 5. The van der Waals surface area contributed by atoms with E-state index >= 15 is 0 Å². The van der Waals surface area contributed by atoms with Crippen molar-refractivity contribution >= 4 is 69.7 Å². The fourth-order valence-electron chi connectivity index (χ4n) is 2.26. The fraction of sp³-hybridized carbons (Fsp3) is 0.211. The van der Waals surface area contributed by atoms with E-state index in [1.165, 1.54) is 14.2 Å². The first-order chi connectivity index (χ1) is 14.1. The van der Waals surface area contributed by atoms with Crippen LogP contribution in [0.1, 0.15) is 20.7 Å². The summed E-state index contributed by atoms with van der Waals surface area (Å²) in [6.45, 7) is 0. The summed E-state index contributed by atoms with van der Waals surface area (Å²) < 4.78 is 7.81. The number of alkyl halides is 3. The molecule has 0 saturated heterocycles. The molecule has 160 valence electrons. The Morgan fingerprint density at radius 2 is 1.50 bits per heavy atom. The third-order valence-corrected chi connectivity index (χ3v) is 4.67. The molecule has 0 fully saturated rings. The van der Waals surface area contributed by atoms with Gasteiger partial charge in [-0.25, -0.2) is 4.79 Å². The Bertz CT molecular complexity index is 903. The SMILES string of the molecule is COC(=O)c1ccc(NC(=S)NC(NC(=O)c2ccc(OC)cc2)C(Cl)(Cl)Cl)cc1. The molecular formula is C19H18Cl3N3O4S. The highest BCUT2D eigenvalue weighted by Gasteiger charge is 2.35. The summed E-state index contributed by atoms with van der Waals surface area (Å²) in [6.07, 6.45) is -1.13. The normalized spacial score (nSPS) is 11.8. The van der Waals surface area contributed by atoms with E-state index in [1.807, 2.05) is 0 Å². The molecule has 0 radical (unpaired) electrons. The first-order valence-electron chi connectivity index (χ1n) is 8.41. The predicted octanol–water partition coefficient (Wildman–Crippen LogP) is 3.89. The van der Waals surface area contributed by atoms with Crippen LogP contribution in [0.5, 0.6) is 5.75 Å². The summed E-state index contributed by atoms with van der Waals surface area (Å²) in [6, 6.07) is 12.8. The van der Waals surface area contributed by atoms with Gasteiger partial charge in [0.1, 0.15) is 11.9 Å². The van der Waals surface area contributed by atoms with Crippen molar-refractivity contribution in [3.05, 3.63) is 59.7 Å². The Labute approximate surface area is 194 Å². The highest BCUT2D eigenvalue weighted by molar-refractivity contribution is 7.80. The van der Waals surface area contributed by atoms with Gasteiger partial charge in [0, 0.05) is 11.3 Å². The van der Waals surface area contributed by atoms with Crippen LogP contribution >= 0.6 is 47.0 Å². The van der Waals surface area contributed by atoms with Gasteiger partial charge in [0.25, 0.3) is 5.91 Å². The number of amides is 1. The monoisotopic (exact) mass is 489 g/mol. The molecule has 2 aromatic carbocycles. The number of thiocarbonyl (C=S) groups is 1. The molecule has 1 atom stereocenters. The second kappa shape index (κ2) is 10.7. The predicted molar refractivity (Wildman–Crippen MR) is 122 cm³/mol. The average molecular weight is 491 g/mol. The van der Waals surface area contributed by atoms with Crippen molar-refractivity contribution in [1.82, 2.24) is 10.6 Å². The lowest BCUT2D eigenvalue weighted by atomic mass is 10.2. The largest absolute Gasteiger partial charge is 0.497 e. The number of halogens is 3. The van der Waals surface area contributed by atoms with Crippen molar-refractivity contribution in [2.24, 2.45) is 0 Å². The van der Waals surface area contributed by atoms with E-state index in [-0.39, 0.29) is 5.11 Å². The molecule has 0 saturated carbocycles. The molecule has 0 aliphatic carbocycles. The van der Waals surface area contributed by atoms with Crippen LogP contribution in [0.15, 0.2) is 48.5 Å². The number of esters is 1. The van der Waals surface area contributed by atoms with Crippen LogP contribution in [0.4, 0.5) is 5.69 Å². The van der Waals surface area contributed by atoms with Crippen molar-refractivity contribution < 1.29 is 19.1 Å². The van der Waals surface area contributed by atoms with Crippen LogP contribution in [-0.4, -0.2) is 41.2 Å². The van der Waals surface area contributed by atoms with E-state index in [1.54, 1.807) is 48.5 Å². The first-order valence-corrected chi connectivity index (χ1v) is 9.95. The number of carbonyl (C=O) groups excluding carboxylic acids is 2. The van der Waals surface area contributed by atoms with Gasteiger partial charge in [0.2, 0.25) is 3.79 Å². The third-order valence-electron chi connectivity index (χ3n) is 3.79.